The number of nitrogens with one attached hydrogen (secondary N) is 2. The van der Waals surface area contributed by atoms with Gasteiger partial charge in [0.15, 0.2) is 0 Å². The molecule has 2 aromatic rings. The topological polar surface area (TPSA) is 96.9 Å². The normalized spacial score (nSPS) is 11.3. The first-order valence-electron chi connectivity index (χ1n) is 6.57. The molecule has 0 bridgehead atoms. The van der Waals surface area contributed by atoms with Crippen molar-refractivity contribution in [2.45, 2.75) is 24.8 Å². The average molecular weight is 307 g/mol. The summed E-state index contributed by atoms with van der Waals surface area (Å²) in [5, 5.41) is 2.98. The lowest BCUT2D eigenvalue weighted by Crippen LogP contribution is -2.24. The maximum atomic E-state index is 12.1. The van der Waals surface area contributed by atoms with E-state index >= 15 is 0 Å². The molecule has 0 aliphatic carbocycles. The second kappa shape index (κ2) is 7.09. The Labute approximate surface area is 123 Å². The minimum Gasteiger partial charge on any atom is -0.354 e. The van der Waals surface area contributed by atoms with Gasteiger partial charge in [-0.15, -0.1) is 0 Å². The zero-order valence-electron chi connectivity index (χ0n) is 11.7. The molecule has 112 valence electrons. The molecule has 0 saturated heterocycles. The fourth-order valence-electron chi connectivity index (χ4n) is 1.54. The molecule has 21 heavy (non-hydrogen) atoms. The number of anilines is 1. The number of hydrogen-bond donors (Lipinski definition) is 2. The molecule has 7 nitrogen and oxygen atoms in total. The van der Waals surface area contributed by atoms with Crippen molar-refractivity contribution >= 4 is 16.0 Å². The van der Waals surface area contributed by atoms with Gasteiger partial charge in [-0.3, -0.25) is 4.98 Å². The van der Waals surface area contributed by atoms with Gasteiger partial charge in [0.1, 0.15) is 4.90 Å². The minimum absolute atomic E-state index is 0.0282. The molecule has 2 rings (SSSR count). The molecule has 0 saturated carbocycles. The molecule has 0 unspecified atom stereocenters. The van der Waals surface area contributed by atoms with Crippen LogP contribution in [-0.4, -0.2) is 29.9 Å². The van der Waals surface area contributed by atoms with Gasteiger partial charge in [-0.05, 0) is 18.6 Å². The van der Waals surface area contributed by atoms with E-state index in [2.05, 4.69) is 25.0 Å². The van der Waals surface area contributed by atoms with E-state index in [1.54, 1.807) is 24.4 Å². The molecule has 0 aromatic carbocycles. The summed E-state index contributed by atoms with van der Waals surface area (Å²) in [6, 6.07) is 5.32. The molecule has 0 radical (unpaired) electrons. The van der Waals surface area contributed by atoms with Crippen LogP contribution < -0.4 is 10.0 Å². The Morgan fingerprint density at radius 3 is 2.52 bits per heavy atom. The number of rotatable bonds is 7. The van der Waals surface area contributed by atoms with Gasteiger partial charge in [-0.25, -0.2) is 23.1 Å². The molecular weight excluding hydrogens is 290 g/mol. The third kappa shape index (κ3) is 4.47. The first kappa shape index (κ1) is 15.3. The van der Waals surface area contributed by atoms with E-state index in [1.165, 1.54) is 12.4 Å². The van der Waals surface area contributed by atoms with Gasteiger partial charge in [0.25, 0.3) is 0 Å². The van der Waals surface area contributed by atoms with Crippen LogP contribution in [0.5, 0.6) is 0 Å². The molecule has 8 heteroatoms. The highest BCUT2D eigenvalue weighted by molar-refractivity contribution is 7.89. The van der Waals surface area contributed by atoms with Crippen molar-refractivity contribution < 1.29 is 8.42 Å². The quantitative estimate of drug-likeness (QED) is 0.797. The van der Waals surface area contributed by atoms with Crippen molar-refractivity contribution in [1.29, 1.82) is 0 Å². The van der Waals surface area contributed by atoms with Crippen LogP contribution in [0.1, 0.15) is 19.0 Å². The predicted molar refractivity (Wildman–Crippen MR) is 79.1 cm³/mol. The number of sulfonamides is 1. The number of hydrogen-bond acceptors (Lipinski definition) is 6. The number of nitrogens with zero attached hydrogens (tertiary/aromatic N) is 3. The van der Waals surface area contributed by atoms with Crippen LogP contribution in [0, 0.1) is 0 Å². The van der Waals surface area contributed by atoms with Crippen molar-refractivity contribution in [2.75, 3.05) is 11.9 Å². The van der Waals surface area contributed by atoms with E-state index in [4.69, 9.17) is 0 Å². The summed E-state index contributed by atoms with van der Waals surface area (Å²) in [7, 11) is -3.64. The second-order valence-corrected chi connectivity index (χ2v) is 6.08. The van der Waals surface area contributed by atoms with E-state index in [9.17, 15) is 8.42 Å². The monoisotopic (exact) mass is 307 g/mol. The zero-order chi connectivity index (χ0) is 15.1. The van der Waals surface area contributed by atoms with Gasteiger partial charge in [-0.2, -0.15) is 0 Å². The van der Waals surface area contributed by atoms with Crippen LogP contribution in [0.2, 0.25) is 0 Å². The Kier molecular flexibility index (Phi) is 5.18. The minimum atomic E-state index is -3.64. The van der Waals surface area contributed by atoms with Crippen LogP contribution in [0.4, 0.5) is 5.95 Å². The van der Waals surface area contributed by atoms with Crippen molar-refractivity contribution in [3.8, 4) is 0 Å². The largest absolute Gasteiger partial charge is 0.354 e. The van der Waals surface area contributed by atoms with Gasteiger partial charge in [-0.1, -0.05) is 13.0 Å². The van der Waals surface area contributed by atoms with Crippen molar-refractivity contribution in [3.05, 3.63) is 42.5 Å². The SMILES string of the molecule is CCCNc1ncc(S(=O)(=O)NCc2ccccn2)cn1. The maximum Gasteiger partial charge on any atom is 0.243 e. The van der Waals surface area contributed by atoms with E-state index in [-0.39, 0.29) is 11.4 Å². The first-order valence-corrected chi connectivity index (χ1v) is 8.05. The standard InChI is InChI=1S/C13H17N5O2S/c1-2-6-15-13-16-9-12(10-17-13)21(19,20)18-8-11-5-3-4-7-14-11/h3-5,7,9-10,18H,2,6,8H2,1H3,(H,15,16,17). The van der Waals surface area contributed by atoms with Crippen molar-refractivity contribution in [3.63, 3.8) is 0 Å². The smallest absolute Gasteiger partial charge is 0.243 e. The Balaban J connectivity index is 2.02. The van der Waals surface area contributed by atoms with Crippen LogP contribution in [0.25, 0.3) is 0 Å². The summed E-state index contributed by atoms with van der Waals surface area (Å²) >= 11 is 0. The van der Waals surface area contributed by atoms with E-state index in [0.29, 0.717) is 11.6 Å². The highest BCUT2D eigenvalue weighted by Crippen LogP contribution is 2.08. The summed E-state index contributed by atoms with van der Waals surface area (Å²) in [6.07, 6.45) is 5.12. The lowest BCUT2D eigenvalue weighted by molar-refractivity contribution is 0.579. The lowest BCUT2D eigenvalue weighted by Gasteiger charge is -2.07. The molecule has 2 aromatic heterocycles. The van der Waals surface area contributed by atoms with Crippen LogP contribution >= 0.6 is 0 Å². The van der Waals surface area contributed by atoms with Gasteiger partial charge in [0.2, 0.25) is 16.0 Å². The van der Waals surface area contributed by atoms with Crippen molar-refractivity contribution in [2.24, 2.45) is 0 Å². The molecule has 0 aliphatic rings. The number of pyridine rings is 1. The average Bonchev–Trinajstić information content (AvgIpc) is 2.52. The summed E-state index contributed by atoms with van der Waals surface area (Å²) in [6.45, 7) is 2.89. The maximum absolute atomic E-state index is 12.1. The summed E-state index contributed by atoms with van der Waals surface area (Å²) in [5.41, 5.74) is 0.642. The van der Waals surface area contributed by atoms with Gasteiger partial charge in [0, 0.05) is 12.7 Å². The molecule has 0 amide bonds. The van der Waals surface area contributed by atoms with Gasteiger partial charge in [0.05, 0.1) is 24.6 Å². The Bertz CT molecular complexity index is 659. The van der Waals surface area contributed by atoms with Gasteiger partial charge < -0.3 is 5.32 Å². The third-order valence-corrected chi connectivity index (χ3v) is 4.00. The zero-order valence-corrected chi connectivity index (χ0v) is 12.5. The fourth-order valence-corrected chi connectivity index (χ4v) is 2.43. The summed E-state index contributed by atoms with van der Waals surface area (Å²) in [4.78, 5) is 12.0. The highest BCUT2D eigenvalue weighted by atomic mass is 32.2. The second-order valence-electron chi connectivity index (χ2n) is 4.31. The summed E-state index contributed by atoms with van der Waals surface area (Å²) in [5.74, 6) is 0.417. The van der Waals surface area contributed by atoms with E-state index in [0.717, 1.165) is 13.0 Å². The molecule has 2 heterocycles. The van der Waals surface area contributed by atoms with Gasteiger partial charge >= 0.3 is 0 Å². The lowest BCUT2D eigenvalue weighted by atomic mass is 10.4. The highest BCUT2D eigenvalue weighted by Gasteiger charge is 2.15. The first-order chi connectivity index (χ1) is 10.1. The number of aromatic nitrogens is 3. The van der Waals surface area contributed by atoms with Crippen LogP contribution in [0.3, 0.4) is 0 Å². The van der Waals surface area contributed by atoms with Crippen LogP contribution in [0.15, 0.2) is 41.7 Å². The predicted octanol–water partition coefficient (Wildman–Crippen LogP) is 1.17. The molecule has 0 atom stereocenters. The Hall–Kier alpha value is -2.06. The summed E-state index contributed by atoms with van der Waals surface area (Å²) < 4.78 is 26.6. The Morgan fingerprint density at radius 1 is 1.14 bits per heavy atom. The van der Waals surface area contributed by atoms with E-state index < -0.39 is 10.0 Å². The molecular formula is C13H17N5O2S. The molecule has 0 spiro atoms. The fraction of sp³-hybridized carbons (Fsp3) is 0.308. The van der Waals surface area contributed by atoms with Crippen molar-refractivity contribution in [1.82, 2.24) is 19.7 Å². The third-order valence-electron chi connectivity index (χ3n) is 2.64. The molecule has 0 fully saturated rings. The molecule has 2 N–H and O–H groups in total. The van der Waals surface area contributed by atoms with E-state index in [1.807, 2.05) is 6.92 Å². The molecule has 0 aliphatic heterocycles. The Morgan fingerprint density at radius 2 is 1.90 bits per heavy atom. The van der Waals surface area contributed by atoms with Crippen LogP contribution in [-0.2, 0) is 16.6 Å².